The number of aromatic nitrogens is 3. The lowest BCUT2D eigenvalue weighted by atomic mass is 10.0. The van der Waals surface area contributed by atoms with Crippen LogP contribution in [-0.4, -0.2) is 47.8 Å². The predicted molar refractivity (Wildman–Crippen MR) is 139 cm³/mol. The molecule has 0 unspecified atom stereocenters. The van der Waals surface area contributed by atoms with Crippen molar-refractivity contribution in [1.29, 1.82) is 0 Å². The molecule has 0 saturated heterocycles. The number of thioether (sulfide) groups is 1. The number of allylic oxidation sites excluding steroid dienone is 3. The number of ether oxygens (including phenoxy) is 1. The molecule has 11 heteroatoms. The van der Waals surface area contributed by atoms with Crippen LogP contribution in [0.15, 0.2) is 58.6 Å². The maximum atomic E-state index is 13.7. The van der Waals surface area contributed by atoms with Crippen molar-refractivity contribution in [1.82, 2.24) is 30.5 Å². The number of amides is 1. The first-order valence-corrected chi connectivity index (χ1v) is 12.4. The summed E-state index contributed by atoms with van der Waals surface area (Å²) in [6, 6.07) is 7.90. The van der Waals surface area contributed by atoms with Crippen molar-refractivity contribution in [2.75, 3.05) is 27.2 Å². The highest BCUT2D eigenvalue weighted by Gasteiger charge is 2.18. The van der Waals surface area contributed by atoms with Crippen molar-refractivity contribution < 1.29 is 18.3 Å². The fraction of sp³-hybridized carbons (Fsp3) is 0.269. The van der Waals surface area contributed by atoms with E-state index in [0.29, 0.717) is 47.3 Å². The second kappa shape index (κ2) is 12.5. The number of fused-ring (bicyclic) bond motifs is 1. The Morgan fingerprint density at radius 3 is 2.86 bits per heavy atom. The summed E-state index contributed by atoms with van der Waals surface area (Å²) in [6.07, 6.45) is 3.31. The summed E-state index contributed by atoms with van der Waals surface area (Å²) in [4.78, 5) is 17.9. The highest BCUT2D eigenvalue weighted by atomic mass is 32.2. The quantitative estimate of drug-likeness (QED) is 0.291. The van der Waals surface area contributed by atoms with Gasteiger partial charge in [0.2, 0.25) is 5.88 Å². The lowest BCUT2D eigenvalue weighted by Gasteiger charge is -2.15. The Morgan fingerprint density at radius 1 is 1.22 bits per heavy atom. The Hall–Kier alpha value is -3.72. The fourth-order valence-corrected chi connectivity index (χ4v) is 4.37. The summed E-state index contributed by atoms with van der Waals surface area (Å²) in [5.74, 6) is 6.13. The number of halogens is 2. The van der Waals surface area contributed by atoms with E-state index in [-0.39, 0.29) is 11.1 Å². The first-order chi connectivity index (χ1) is 18.0. The van der Waals surface area contributed by atoms with Gasteiger partial charge in [0.1, 0.15) is 5.69 Å². The zero-order valence-electron chi connectivity index (χ0n) is 20.3. The number of carbonyl (C=O) groups excluding carboxylic acids is 1. The first kappa shape index (κ1) is 26.3. The molecule has 3 aromatic rings. The zero-order valence-corrected chi connectivity index (χ0v) is 21.2. The number of hydrogen-bond donors (Lipinski definition) is 3. The molecule has 1 aromatic carbocycles. The van der Waals surface area contributed by atoms with E-state index in [1.165, 1.54) is 24.9 Å². The maximum Gasteiger partial charge on any atom is 0.264 e. The lowest BCUT2D eigenvalue weighted by Crippen LogP contribution is -2.25. The van der Waals surface area contributed by atoms with E-state index in [1.54, 1.807) is 35.0 Å². The molecular formula is C26H26F2N6O2S. The van der Waals surface area contributed by atoms with Crippen LogP contribution in [0.3, 0.4) is 0 Å². The molecule has 0 aliphatic carbocycles. The molecule has 3 N–H and O–H groups in total. The highest BCUT2D eigenvalue weighted by molar-refractivity contribution is 8.07. The van der Waals surface area contributed by atoms with Crippen molar-refractivity contribution in [2.45, 2.75) is 19.4 Å². The van der Waals surface area contributed by atoms with Crippen LogP contribution in [0.4, 0.5) is 8.78 Å². The Labute approximate surface area is 217 Å². The van der Waals surface area contributed by atoms with Gasteiger partial charge in [0.25, 0.3) is 12.3 Å². The van der Waals surface area contributed by atoms with Crippen LogP contribution < -0.4 is 20.7 Å². The topological polar surface area (TPSA) is 92.6 Å². The largest absolute Gasteiger partial charge is 0.480 e. The first-order valence-electron chi connectivity index (χ1n) is 11.5. The third kappa shape index (κ3) is 6.74. The number of alkyl halides is 2. The van der Waals surface area contributed by atoms with E-state index in [4.69, 9.17) is 4.74 Å². The molecule has 1 aliphatic rings. The SMILES string of the molecule is CNCCNCc1ccc(C(=O)NC2=CCC=C(C#Cc3cnc4ccc(OC)nn34)S2)cc1C(F)F. The molecule has 0 bridgehead atoms. The number of nitrogens with zero attached hydrogens (tertiary/aromatic N) is 3. The van der Waals surface area contributed by atoms with Gasteiger partial charge in [-0.05, 0) is 49.2 Å². The zero-order chi connectivity index (χ0) is 26.2. The van der Waals surface area contributed by atoms with Gasteiger partial charge in [0, 0.05) is 36.8 Å². The van der Waals surface area contributed by atoms with Crippen molar-refractivity contribution in [3.8, 4) is 17.7 Å². The minimum absolute atomic E-state index is 0.153. The molecule has 4 rings (SSSR count). The van der Waals surface area contributed by atoms with Gasteiger partial charge < -0.3 is 20.7 Å². The molecule has 0 radical (unpaired) electrons. The standard InChI is InChI=1S/C26H26F2N6O2S/c1-29-12-13-30-15-18-7-6-17(14-21(18)25(27)28)26(35)32-24-5-3-4-20(37-24)9-8-19-16-31-22-10-11-23(36-2)33-34(19)22/h4-7,10-11,14,16,25,29-30H,3,12-13,15H2,1-2H3,(H,32,35). The number of imidazole rings is 1. The number of benzene rings is 1. The normalized spacial score (nSPS) is 13.1. The molecule has 192 valence electrons. The van der Waals surface area contributed by atoms with E-state index in [0.717, 1.165) is 11.4 Å². The van der Waals surface area contributed by atoms with Crippen molar-refractivity contribution in [3.05, 3.63) is 81.0 Å². The average molecular weight is 525 g/mol. The Balaban J connectivity index is 1.41. The van der Waals surface area contributed by atoms with Crippen LogP contribution in [0.5, 0.6) is 5.88 Å². The van der Waals surface area contributed by atoms with Crippen LogP contribution in [0, 0.1) is 11.8 Å². The van der Waals surface area contributed by atoms with Crippen molar-refractivity contribution in [3.63, 3.8) is 0 Å². The molecule has 0 fully saturated rings. The van der Waals surface area contributed by atoms with Crippen LogP contribution >= 0.6 is 11.8 Å². The predicted octanol–water partition coefficient (Wildman–Crippen LogP) is 3.63. The number of rotatable bonds is 9. The number of likely N-dealkylation sites (N-methyl/N-ethyl adjacent to an activating group) is 1. The summed E-state index contributed by atoms with van der Waals surface area (Å²) in [5.41, 5.74) is 1.72. The summed E-state index contributed by atoms with van der Waals surface area (Å²) < 4.78 is 34.1. The third-order valence-electron chi connectivity index (χ3n) is 5.43. The second-order valence-corrected chi connectivity index (χ2v) is 9.05. The van der Waals surface area contributed by atoms with E-state index < -0.39 is 12.3 Å². The Kier molecular flexibility index (Phi) is 8.90. The Bertz CT molecular complexity index is 1410. The average Bonchev–Trinajstić information content (AvgIpc) is 3.32. The number of nitrogens with one attached hydrogen (secondary N) is 3. The molecule has 3 heterocycles. The monoisotopic (exact) mass is 524 g/mol. The summed E-state index contributed by atoms with van der Waals surface area (Å²) >= 11 is 1.30. The number of methoxy groups -OCH3 is 1. The summed E-state index contributed by atoms with van der Waals surface area (Å²) in [5, 5.41) is 13.8. The van der Waals surface area contributed by atoms with Gasteiger partial charge in [-0.3, -0.25) is 4.79 Å². The van der Waals surface area contributed by atoms with Crippen molar-refractivity contribution >= 4 is 23.3 Å². The van der Waals surface area contributed by atoms with Gasteiger partial charge >= 0.3 is 0 Å². The van der Waals surface area contributed by atoms with Crippen LogP contribution in [0.1, 0.15) is 40.0 Å². The van der Waals surface area contributed by atoms with Crippen LogP contribution in [-0.2, 0) is 6.54 Å². The van der Waals surface area contributed by atoms with Crippen LogP contribution in [0.2, 0.25) is 0 Å². The fourth-order valence-electron chi connectivity index (χ4n) is 3.52. The summed E-state index contributed by atoms with van der Waals surface area (Å²) in [7, 11) is 3.36. The molecule has 1 aliphatic heterocycles. The van der Waals surface area contributed by atoms with Gasteiger partial charge in [-0.15, -0.1) is 5.10 Å². The smallest absolute Gasteiger partial charge is 0.264 e. The minimum Gasteiger partial charge on any atom is -0.480 e. The molecule has 0 saturated carbocycles. The molecule has 0 atom stereocenters. The van der Waals surface area contributed by atoms with Gasteiger partial charge in [-0.2, -0.15) is 0 Å². The molecule has 2 aromatic heterocycles. The lowest BCUT2D eigenvalue weighted by molar-refractivity contribution is 0.0968. The summed E-state index contributed by atoms with van der Waals surface area (Å²) in [6.45, 7) is 1.67. The molecule has 37 heavy (non-hydrogen) atoms. The molecule has 1 amide bonds. The second-order valence-electron chi connectivity index (χ2n) is 7.96. The van der Waals surface area contributed by atoms with Gasteiger partial charge in [-0.25, -0.2) is 18.3 Å². The van der Waals surface area contributed by atoms with E-state index in [2.05, 4.69) is 37.9 Å². The van der Waals surface area contributed by atoms with E-state index in [1.807, 2.05) is 19.2 Å². The highest BCUT2D eigenvalue weighted by Crippen LogP contribution is 2.29. The minimum atomic E-state index is -2.68. The van der Waals surface area contributed by atoms with E-state index in [9.17, 15) is 13.6 Å². The Morgan fingerprint density at radius 2 is 2.08 bits per heavy atom. The molecular weight excluding hydrogens is 498 g/mol. The maximum absolute atomic E-state index is 13.7. The van der Waals surface area contributed by atoms with Gasteiger partial charge in [0.05, 0.1) is 23.2 Å². The van der Waals surface area contributed by atoms with Gasteiger partial charge in [-0.1, -0.05) is 29.8 Å². The third-order valence-corrected chi connectivity index (χ3v) is 6.41. The van der Waals surface area contributed by atoms with Crippen molar-refractivity contribution in [2.24, 2.45) is 0 Å². The number of hydrogen-bond acceptors (Lipinski definition) is 7. The van der Waals surface area contributed by atoms with Crippen LogP contribution in [0.25, 0.3) is 5.65 Å². The number of carbonyl (C=O) groups is 1. The van der Waals surface area contributed by atoms with E-state index >= 15 is 0 Å². The van der Waals surface area contributed by atoms with Gasteiger partial charge in [0.15, 0.2) is 5.65 Å². The molecule has 0 spiro atoms. The molecule has 8 nitrogen and oxygen atoms in total.